The molecule has 1 rings (SSSR count). The van der Waals surface area contributed by atoms with E-state index in [1.807, 2.05) is 22.6 Å². The second kappa shape index (κ2) is 5.62. The summed E-state index contributed by atoms with van der Waals surface area (Å²) in [5.74, 6) is -0.0307. The molecule has 0 aromatic carbocycles. The number of carbonyl (C=O) groups is 1. The largest absolute Gasteiger partial charge is 0.349 e. The van der Waals surface area contributed by atoms with Crippen molar-refractivity contribution in [2.75, 3.05) is 14.1 Å². The zero-order valence-corrected chi connectivity index (χ0v) is 11.8. The third-order valence-corrected chi connectivity index (χ3v) is 3.58. The number of rotatable bonds is 3. The standard InChI is InChI=1S/C9H11ClIN3O2/c1-13(2)6(15)3-4-14-5-12-8(10)7(11)9(14)16/h5H,3-4H2,1-2H3. The third kappa shape index (κ3) is 3.18. The molecule has 0 saturated heterocycles. The lowest BCUT2D eigenvalue weighted by molar-refractivity contribution is -0.128. The van der Waals surface area contributed by atoms with Crippen LogP contribution in [0.3, 0.4) is 0 Å². The van der Waals surface area contributed by atoms with Gasteiger partial charge < -0.3 is 4.90 Å². The van der Waals surface area contributed by atoms with Gasteiger partial charge in [-0.3, -0.25) is 14.2 Å². The molecule has 0 fully saturated rings. The Morgan fingerprint density at radius 3 is 2.81 bits per heavy atom. The van der Waals surface area contributed by atoms with Gasteiger partial charge in [0.2, 0.25) is 5.91 Å². The molecule has 0 N–H and O–H groups in total. The van der Waals surface area contributed by atoms with Gasteiger partial charge in [0.1, 0.15) is 8.72 Å². The first-order chi connectivity index (χ1) is 7.43. The maximum atomic E-state index is 11.7. The Labute approximate surface area is 112 Å². The summed E-state index contributed by atoms with van der Waals surface area (Å²) in [6.45, 7) is 0.315. The summed E-state index contributed by atoms with van der Waals surface area (Å²) in [6, 6.07) is 0. The number of aromatic nitrogens is 2. The van der Waals surface area contributed by atoms with Gasteiger partial charge in [0, 0.05) is 27.1 Å². The van der Waals surface area contributed by atoms with Crippen molar-refractivity contribution < 1.29 is 4.79 Å². The first kappa shape index (κ1) is 13.4. The summed E-state index contributed by atoms with van der Waals surface area (Å²) < 4.78 is 1.76. The molecule has 0 aliphatic carbocycles. The van der Waals surface area contributed by atoms with Gasteiger partial charge in [0.05, 0.1) is 6.33 Å². The lowest BCUT2D eigenvalue weighted by atomic mass is 10.4. The molecule has 5 nitrogen and oxygen atoms in total. The molecule has 1 heterocycles. The Hall–Kier alpha value is -0.630. The minimum Gasteiger partial charge on any atom is -0.349 e. The van der Waals surface area contributed by atoms with Gasteiger partial charge in [-0.2, -0.15) is 0 Å². The summed E-state index contributed by atoms with van der Waals surface area (Å²) in [4.78, 5) is 28.4. The highest BCUT2D eigenvalue weighted by Gasteiger charge is 2.09. The lowest BCUT2D eigenvalue weighted by Crippen LogP contribution is -2.28. The summed E-state index contributed by atoms with van der Waals surface area (Å²) in [5, 5.41) is 0.195. The highest BCUT2D eigenvalue weighted by atomic mass is 127. The van der Waals surface area contributed by atoms with E-state index in [4.69, 9.17) is 11.6 Å². The van der Waals surface area contributed by atoms with E-state index in [1.165, 1.54) is 15.8 Å². The Morgan fingerprint density at radius 1 is 1.62 bits per heavy atom. The van der Waals surface area contributed by atoms with E-state index in [0.29, 0.717) is 10.1 Å². The molecule has 0 atom stereocenters. The fourth-order valence-corrected chi connectivity index (χ4v) is 1.62. The van der Waals surface area contributed by atoms with E-state index < -0.39 is 0 Å². The maximum absolute atomic E-state index is 11.7. The van der Waals surface area contributed by atoms with E-state index in [2.05, 4.69) is 4.98 Å². The fraction of sp³-hybridized carbons (Fsp3) is 0.444. The monoisotopic (exact) mass is 355 g/mol. The smallest absolute Gasteiger partial charge is 0.268 e. The predicted molar refractivity (Wildman–Crippen MR) is 69.5 cm³/mol. The normalized spacial score (nSPS) is 10.2. The fourth-order valence-electron chi connectivity index (χ4n) is 1.04. The Bertz CT molecular complexity index is 459. The molecule has 0 spiro atoms. The highest BCUT2D eigenvalue weighted by Crippen LogP contribution is 2.09. The van der Waals surface area contributed by atoms with Crippen LogP contribution in [0.1, 0.15) is 6.42 Å². The zero-order chi connectivity index (χ0) is 12.3. The number of hydrogen-bond donors (Lipinski definition) is 0. The van der Waals surface area contributed by atoms with Crippen molar-refractivity contribution in [1.29, 1.82) is 0 Å². The zero-order valence-electron chi connectivity index (χ0n) is 8.91. The number of halogens is 2. The van der Waals surface area contributed by atoms with Crippen LogP contribution in [0.5, 0.6) is 0 Å². The number of nitrogens with zero attached hydrogens (tertiary/aromatic N) is 3. The molecule has 0 aliphatic rings. The summed E-state index contributed by atoms with van der Waals surface area (Å²) in [7, 11) is 3.35. The van der Waals surface area contributed by atoms with E-state index in [1.54, 1.807) is 14.1 Å². The molecule has 0 aliphatic heterocycles. The van der Waals surface area contributed by atoms with Crippen molar-refractivity contribution in [3.05, 3.63) is 25.4 Å². The third-order valence-electron chi connectivity index (χ3n) is 2.01. The van der Waals surface area contributed by atoms with Crippen LogP contribution in [-0.4, -0.2) is 34.5 Å². The molecule has 1 aromatic rings. The quantitative estimate of drug-likeness (QED) is 0.600. The van der Waals surface area contributed by atoms with Gasteiger partial charge in [0.25, 0.3) is 5.56 Å². The van der Waals surface area contributed by atoms with Crippen LogP contribution in [0.25, 0.3) is 0 Å². The van der Waals surface area contributed by atoms with Crippen LogP contribution in [0, 0.1) is 3.57 Å². The van der Waals surface area contributed by atoms with Crippen molar-refractivity contribution in [1.82, 2.24) is 14.5 Å². The van der Waals surface area contributed by atoms with Crippen molar-refractivity contribution >= 4 is 40.1 Å². The first-order valence-corrected chi connectivity index (χ1v) is 5.99. The number of amides is 1. The molecule has 88 valence electrons. The Kier molecular flexibility index (Phi) is 4.72. The molecule has 1 aromatic heterocycles. The van der Waals surface area contributed by atoms with E-state index in [9.17, 15) is 9.59 Å². The maximum Gasteiger partial charge on any atom is 0.268 e. The minimum atomic E-state index is -0.216. The Balaban J connectivity index is 2.80. The molecule has 7 heteroatoms. The molecule has 0 bridgehead atoms. The van der Waals surface area contributed by atoms with Crippen LogP contribution in [0.15, 0.2) is 11.1 Å². The predicted octanol–water partition coefficient (Wildman–Crippen LogP) is 0.980. The lowest BCUT2D eigenvalue weighted by Gasteiger charge is -2.10. The summed E-state index contributed by atoms with van der Waals surface area (Å²) in [5.41, 5.74) is -0.216. The van der Waals surface area contributed by atoms with Gasteiger partial charge in [-0.25, -0.2) is 4.98 Å². The average Bonchev–Trinajstić information content (AvgIpc) is 2.24. The van der Waals surface area contributed by atoms with Crippen molar-refractivity contribution in [2.24, 2.45) is 0 Å². The van der Waals surface area contributed by atoms with Crippen LogP contribution in [0.4, 0.5) is 0 Å². The summed E-state index contributed by atoms with van der Waals surface area (Å²) >= 11 is 7.53. The van der Waals surface area contributed by atoms with Crippen molar-refractivity contribution in [3.63, 3.8) is 0 Å². The second-order valence-electron chi connectivity index (χ2n) is 3.39. The molecular formula is C9H11ClIN3O2. The van der Waals surface area contributed by atoms with Gasteiger partial charge in [-0.15, -0.1) is 0 Å². The van der Waals surface area contributed by atoms with Crippen molar-refractivity contribution in [2.45, 2.75) is 13.0 Å². The second-order valence-corrected chi connectivity index (χ2v) is 4.82. The SMILES string of the molecule is CN(C)C(=O)CCn1cnc(Cl)c(I)c1=O. The van der Waals surface area contributed by atoms with E-state index in [0.717, 1.165) is 0 Å². The van der Waals surface area contributed by atoms with Crippen LogP contribution in [-0.2, 0) is 11.3 Å². The first-order valence-electron chi connectivity index (χ1n) is 4.54. The summed E-state index contributed by atoms with van der Waals surface area (Å²) in [6.07, 6.45) is 1.63. The molecule has 0 radical (unpaired) electrons. The molecular weight excluding hydrogens is 344 g/mol. The minimum absolute atomic E-state index is 0.0307. The van der Waals surface area contributed by atoms with Gasteiger partial charge in [0.15, 0.2) is 0 Å². The molecule has 1 amide bonds. The van der Waals surface area contributed by atoms with Crippen LogP contribution in [0.2, 0.25) is 5.15 Å². The van der Waals surface area contributed by atoms with Gasteiger partial charge >= 0.3 is 0 Å². The number of hydrogen-bond acceptors (Lipinski definition) is 3. The van der Waals surface area contributed by atoms with Crippen LogP contribution >= 0.6 is 34.2 Å². The van der Waals surface area contributed by atoms with Gasteiger partial charge in [-0.1, -0.05) is 11.6 Å². The number of carbonyl (C=O) groups excluding carboxylic acids is 1. The molecule has 0 saturated carbocycles. The number of aryl methyl sites for hydroxylation is 1. The molecule has 16 heavy (non-hydrogen) atoms. The molecule has 0 unspecified atom stereocenters. The van der Waals surface area contributed by atoms with E-state index in [-0.39, 0.29) is 23.0 Å². The Morgan fingerprint density at radius 2 is 2.25 bits per heavy atom. The van der Waals surface area contributed by atoms with Crippen molar-refractivity contribution in [3.8, 4) is 0 Å². The van der Waals surface area contributed by atoms with Crippen LogP contribution < -0.4 is 5.56 Å². The van der Waals surface area contributed by atoms with E-state index >= 15 is 0 Å². The topological polar surface area (TPSA) is 55.2 Å². The average molecular weight is 356 g/mol. The van der Waals surface area contributed by atoms with Gasteiger partial charge in [-0.05, 0) is 22.6 Å². The highest BCUT2D eigenvalue weighted by molar-refractivity contribution is 14.1.